The SMILES string of the molecule is Cc1cc(F)cnc1-c1cc2c(n3cnnc13)NCc1c(F)ccc3c1[C@@H](CO3)CO2.O=CO. The maximum atomic E-state index is 14.7. The topological polar surface area (TPSA) is 111 Å². The maximum absolute atomic E-state index is 14.7. The first kappa shape index (κ1) is 21.6. The van der Waals surface area contributed by atoms with Gasteiger partial charge in [-0.25, -0.2) is 8.78 Å². The van der Waals surface area contributed by atoms with Crippen molar-refractivity contribution < 1.29 is 28.2 Å². The highest BCUT2D eigenvalue weighted by Crippen LogP contribution is 2.41. The van der Waals surface area contributed by atoms with E-state index in [1.165, 1.54) is 18.3 Å². The molecule has 5 heterocycles. The molecule has 2 aliphatic rings. The molecule has 0 amide bonds. The molecule has 6 rings (SSSR count). The molecule has 0 aliphatic carbocycles. The summed E-state index contributed by atoms with van der Waals surface area (Å²) in [6.07, 6.45) is 2.73. The zero-order valence-corrected chi connectivity index (χ0v) is 18.0. The first-order chi connectivity index (χ1) is 16.5. The third-order valence-electron chi connectivity index (χ3n) is 5.82. The Hall–Kier alpha value is -4.28. The minimum absolute atomic E-state index is 0.0841. The Balaban J connectivity index is 0.000000764. The molecule has 0 saturated heterocycles. The van der Waals surface area contributed by atoms with E-state index in [1.807, 2.05) is 6.07 Å². The smallest absolute Gasteiger partial charge is 0.290 e. The van der Waals surface area contributed by atoms with Crippen LogP contribution in [-0.4, -0.2) is 44.4 Å². The number of nitrogens with one attached hydrogen (secondary N) is 1. The number of rotatable bonds is 1. The van der Waals surface area contributed by atoms with Gasteiger partial charge < -0.3 is 19.9 Å². The van der Waals surface area contributed by atoms with E-state index in [-0.39, 0.29) is 24.8 Å². The molecule has 2 aliphatic heterocycles. The van der Waals surface area contributed by atoms with E-state index in [9.17, 15) is 8.78 Å². The molecule has 0 unspecified atom stereocenters. The predicted molar refractivity (Wildman–Crippen MR) is 117 cm³/mol. The molecule has 1 aromatic carbocycles. The summed E-state index contributed by atoms with van der Waals surface area (Å²) in [6.45, 7) is 2.55. The number of halogens is 2. The number of carboxylic acid groups (broad SMARTS) is 1. The quantitative estimate of drug-likeness (QED) is 0.409. The Morgan fingerprint density at radius 3 is 2.74 bits per heavy atom. The average molecular weight is 467 g/mol. The summed E-state index contributed by atoms with van der Waals surface area (Å²) in [5.74, 6) is 1.08. The third kappa shape index (κ3) is 3.54. The summed E-state index contributed by atoms with van der Waals surface area (Å²) in [7, 11) is 0. The molecular weight excluding hydrogens is 448 g/mol. The molecule has 2 N–H and O–H groups in total. The lowest BCUT2D eigenvalue weighted by atomic mass is 9.96. The number of aromatic nitrogens is 4. The zero-order valence-electron chi connectivity index (χ0n) is 18.0. The largest absolute Gasteiger partial charge is 0.493 e. The number of aryl methyl sites for hydroxylation is 1. The van der Waals surface area contributed by atoms with Gasteiger partial charge in [0.05, 0.1) is 31.0 Å². The van der Waals surface area contributed by atoms with E-state index in [0.717, 1.165) is 5.56 Å². The van der Waals surface area contributed by atoms with Gasteiger partial charge in [0.1, 0.15) is 23.7 Å². The minimum Gasteiger partial charge on any atom is -0.493 e. The van der Waals surface area contributed by atoms with Gasteiger partial charge in [-0.3, -0.25) is 14.2 Å². The Labute approximate surface area is 192 Å². The van der Waals surface area contributed by atoms with Crippen molar-refractivity contribution in [3.8, 4) is 22.8 Å². The Kier molecular flexibility index (Phi) is 5.44. The van der Waals surface area contributed by atoms with Gasteiger partial charge in [0.15, 0.2) is 17.2 Å². The second-order valence-corrected chi connectivity index (χ2v) is 7.83. The van der Waals surface area contributed by atoms with Crippen LogP contribution in [0.1, 0.15) is 22.6 Å². The van der Waals surface area contributed by atoms with E-state index in [0.29, 0.717) is 58.6 Å². The van der Waals surface area contributed by atoms with Crippen LogP contribution < -0.4 is 14.8 Å². The van der Waals surface area contributed by atoms with Gasteiger partial charge in [-0.1, -0.05) is 0 Å². The van der Waals surface area contributed by atoms with Crippen molar-refractivity contribution in [3.63, 3.8) is 0 Å². The van der Waals surface area contributed by atoms with Gasteiger partial charge >= 0.3 is 0 Å². The monoisotopic (exact) mass is 467 g/mol. The highest BCUT2D eigenvalue weighted by molar-refractivity contribution is 5.81. The molecule has 34 heavy (non-hydrogen) atoms. The van der Waals surface area contributed by atoms with Crippen LogP contribution in [-0.2, 0) is 11.3 Å². The molecule has 11 heteroatoms. The van der Waals surface area contributed by atoms with E-state index < -0.39 is 5.82 Å². The summed E-state index contributed by atoms with van der Waals surface area (Å²) >= 11 is 0. The Bertz CT molecular complexity index is 1410. The van der Waals surface area contributed by atoms with Crippen LogP contribution in [0.2, 0.25) is 0 Å². The molecule has 0 bridgehead atoms. The Morgan fingerprint density at radius 1 is 1.21 bits per heavy atom. The number of hydrogen-bond acceptors (Lipinski definition) is 7. The van der Waals surface area contributed by atoms with Crippen LogP contribution in [0.3, 0.4) is 0 Å². The van der Waals surface area contributed by atoms with Crippen molar-refractivity contribution in [3.05, 3.63) is 65.1 Å². The molecule has 3 aromatic heterocycles. The predicted octanol–water partition coefficient (Wildman–Crippen LogP) is 3.56. The fraction of sp³-hybridized carbons (Fsp3) is 0.217. The average Bonchev–Trinajstić information content (AvgIpc) is 3.46. The second-order valence-electron chi connectivity index (χ2n) is 7.83. The van der Waals surface area contributed by atoms with Crippen molar-refractivity contribution in [1.82, 2.24) is 19.6 Å². The second kappa shape index (κ2) is 8.58. The fourth-order valence-electron chi connectivity index (χ4n) is 4.38. The minimum atomic E-state index is -0.406. The fourth-order valence-corrected chi connectivity index (χ4v) is 4.38. The number of benzene rings is 1. The van der Waals surface area contributed by atoms with Crippen LogP contribution >= 0.6 is 0 Å². The van der Waals surface area contributed by atoms with E-state index in [2.05, 4.69) is 20.5 Å². The number of nitrogens with zero attached hydrogens (tertiary/aromatic N) is 4. The van der Waals surface area contributed by atoms with Gasteiger partial charge in [-0.2, -0.15) is 0 Å². The van der Waals surface area contributed by atoms with Crippen LogP contribution in [0.25, 0.3) is 16.9 Å². The molecular formula is C23H19F2N5O4. The summed E-state index contributed by atoms with van der Waals surface area (Å²) in [5.41, 5.74) is 3.88. The lowest BCUT2D eigenvalue weighted by molar-refractivity contribution is -0.122. The van der Waals surface area contributed by atoms with Crippen LogP contribution in [0.5, 0.6) is 11.5 Å². The first-order valence-corrected chi connectivity index (χ1v) is 10.4. The van der Waals surface area contributed by atoms with Crippen LogP contribution in [0, 0.1) is 18.6 Å². The van der Waals surface area contributed by atoms with Crippen molar-refractivity contribution in [2.75, 3.05) is 18.5 Å². The number of hydrogen-bond donors (Lipinski definition) is 2. The summed E-state index contributed by atoms with van der Waals surface area (Å²) < 4.78 is 42.0. The molecule has 9 nitrogen and oxygen atoms in total. The Morgan fingerprint density at radius 2 is 1.97 bits per heavy atom. The lowest BCUT2D eigenvalue weighted by Gasteiger charge is -2.17. The van der Waals surface area contributed by atoms with Gasteiger partial charge in [0.2, 0.25) is 0 Å². The normalized spacial score (nSPS) is 15.8. The number of pyridine rings is 2. The van der Waals surface area contributed by atoms with Crippen molar-refractivity contribution in [2.24, 2.45) is 0 Å². The maximum Gasteiger partial charge on any atom is 0.290 e. The summed E-state index contributed by atoms with van der Waals surface area (Å²) in [6, 6.07) is 6.34. The standard InChI is InChI=1S/C22H17F2N5O2.CH2O2/c1-11-4-13(23)6-25-20(11)14-5-18-22(29-10-27-28-21(14)29)26-7-15-16(24)2-3-17-19(15)12(8-30-17)9-31-18;2-1-3/h2-6,10,12,26H,7-9H2,1H3;1H,(H,2,3)/t12-;/m0./s1. The molecule has 0 saturated carbocycles. The summed E-state index contributed by atoms with van der Waals surface area (Å²) in [4.78, 5) is 12.6. The number of carbonyl (C=O) groups is 1. The van der Waals surface area contributed by atoms with E-state index in [1.54, 1.807) is 23.7 Å². The van der Waals surface area contributed by atoms with Crippen LogP contribution in [0.15, 0.2) is 36.8 Å². The zero-order chi connectivity index (χ0) is 23.8. The van der Waals surface area contributed by atoms with Crippen molar-refractivity contribution in [1.29, 1.82) is 0 Å². The van der Waals surface area contributed by atoms with Gasteiger partial charge in [0.25, 0.3) is 6.47 Å². The highest BCUT2D eigenvalue weighted by atomic mass is 19.1. The third-order valence-corrected chi connectivity index (χ3v) is 5.82. The lowest BCUT2D eigenvalue weighted by Crippen LogP contribution is -2.13. The molecule has 174 valence electrons. The van der Waals surface area contributed by atoms with Gasteiger partial charge in [-0.05, 0) is 36.8 Å². The molecule has 1 atom stereocenters. The molecule has 4 aromatic rings. The van der Waals surface area contributed by atoms with Gasteiger partial charge in [-0.15, -0.1) is 10.2 Å². The van der Waals surface area contributed by atoms with Crippen LogP contribution in [0.4, 0.5) is 14.6 Å². The first-order valence-electron chi connectivity index (χ1n) is 10.4. The van der Waals surface area contributed by atoms with Gasteiger partial charge in [0, 0.05) is 23.2 Å². The van der Waals surface area contributed by atoms with Crippen molar-refractivity contribution >= 4 is 17.9 Å². The highest BCUT2D eigenvalue weighted by Gasteiger charge is 2.31. The van der Waals surface area contributed by atoms with E-state index >= 15 is 0 Å². The number of anilines is 1. The number of fused-ring (bicyclic) bond motifs is 3. The van der Waals surface area contributed by atoms with E-state index in [4.69, 9.17) is 19.4 Å². The van der Waals surface area contributed by atoms with Crippen molar-refractivity contribution in [2.45, 2.75) is 19.4 Å². The summed E-state index contributed by atoms with van der Waals surface area (Å²) in [5, 5.41) is 18.5. The number of ether oxygens (including phenoxy) is 2. The molecule has 0 radical (unpaired) electrons. The molecule has 0 fully saturated rings. The molecule has 0 spiro atoms.